The Kier molecular flexibility index (Phi) is 4.00. The zero-order valence-electron chi connectivity index (χ0n) is 12.3. The Morgan fingerprint density at radius 3 is 2.38 bits per heavy atom. The minimum absolute atomic E-state index is 0.0570. The first kappa shape index (κ1) is 13.8. The van der Waals surface area contributed by atoms with E-state index in [1.807, 2.05) is 47.4 Å². The Hall–Kier alpha value is -2.16. The molecule has 2 heterocycles. The third-order valence-electron chi connectivity index (χ3n) is 4.16. The van der Waals surface area contributed by atoms with Crippen molar-refractivity contribution in [1.82, 2.24) is 9.88 Å². The number of pyridine rings is 1. The lowest BCUT2D eigenvalue weighted by Gasteiger charge is -2.30. The number of rotatable bonds is 2. The van der Waals surface area contributed by atoms with E-state index in [9.17, 15) is 4.79 Å². The molecule has 1 aromatic carbocycles. The quantitative estimate of drug-likeness (QED) is 0.841. The van der Waals surface area contributed by atoms with Crippen molar-refractivity contribution in [2.24, 2.45) is 5.92 Å². The van der Waals surface area contributed by atoms with Crippen LogP contribution in [0.1, 0.15) is 30.3 Å². The molecule has 1 aromatic heterocycles. The number of benzene rings is 1. The summed E-state index contributed by atoms with van der Waals surface area (Å²) in [6.45, 7) is 3.94. The van der Waals surface area contributed by atoms with E-state index in [0.29, 0.717) is 5.69 Å². The fourth-order valence-electron chi connectivity index (χ4n) is 2.70. The van der Waals surface area contributed by atoms with Gasteiger partial charge in [0.05, 0.1) is 0 Å². The van der Waals surface area contributed by atoms with Gasteiger partial charge in [-0.15, -0.1) is 0 Å². The lowest BCUT2D eigenvalue weighted by Crippen LogP contribution is -2.38. The van der Waals surface area contributed by atoms with Crippen molar-refractivity contribution in [3.63, 3.8) is 0 Å². The lowest BCUT2D eigenvalue weighted by atomic mass is 9.99. The first-order chi connectivity index (χ1) is 10.2. The van der Waals surface area contributed by atoms with Gasteiger partial charge < -0.3 is 4.90 Å². The molecule has 3 nitrogen and oxygen atoms in total. The zero-order valence-corrected chi connectivity index (χ0v) is 12.3. The smallest absolute Gasteiger partial charge is 0.272 e. The van der Waals surface area contributed by atoms with E-state index in [-0.39, 0.29) is 5.91 Å². The monoisotopic (exact) mass is 280 g/mol. The standard InChI is InChI=1S/C18H20N2O/c1-14-9-11-20(12-10-14)18(21)17-8-7-16(13-19-17)15-5-3-2-4-6-15/h2-8,13-14H,9-12H2,1H3. The molecule has 1 amide bonds. The van der Waals surface area contributed by atoms with Gasteiger partial charge in [-0.05, 0) is 30.4 Å². The Bertz CT molecular complexity index is 599. The number of piperidine rings is 1. The second kappa shape index (κ2) is 6.08. The summed E-state index contributed by atoms with van der Waals surface area (Å²) in [5, 5.41) is 0. The highest BCUT2D eigenvalue weighted by Crippen LogP contribution is 2.20. The van der Waals surface area contributed by atoms with Crippen molar-refractivity contribution in [1.29, 1.82) is 0 Å². The van der Waals surface area contributed by atoms with Crippen molar-refractivity contribution in [3.8, 4) is 11.1 Å². The van der Waals surface area contributed by atoms with Crippen molar-refractivity contribution >= 4 is 5.91 Å². The Morgan fingerprint density at radius 1 is 1.05 bits per heavy atom. The van der Waals surface area contributed by atoms with Gasteiger partial charge in [0.15, 0.2) is 0 Å². The van der Waals surface area contributed by atoms with E-state index in [2.05, 4.69) is 11.9 Å². The molecule has 0 bridgehead atoms. The second-order valence-electron chi connectivity index (χ2n) is 5.77. The number of carbonyl (C=O) groups is 1. The molecule has 0 aliphatic carbocycles. The number of carbonyl (C=O) groups excluding carboxylic acids is 1. The summed E-state index contributed by atoms with van der Waals surface area (Å²) >= 11 is 0. The number of aromatic nitrogens is 1. The summed E-state index contributed by atoms with van der Waals surface area (Å²) < 4.78 is 0. The SMILES string of the molecule is CC1CCN(C(=O)c2ccc(-c3ccccc3)cn2)CC1. The van der Waals surface area contributed by atoms with Gasteiger partial charge in [0.25, 0.3) is 5.91 Å². The molecule has 0 saturated carbocycles. The molecular formula is C18H20N2O. The lowest BCUT2D eigenvalue weighted by molar-refractivity contribution is 0.0691. The van der Waals surface area contributed by atoms with Crippen LogP contribution in [0, 0.1) is 5.92 Å². The molecule has 3 heteroatoms. The van der Waals surface area contributed by atoms with Crippen LogP contribution in [0.5, 0.6) is 0 Å². The van der Waals surface area contributed by atoms with Crippen molar-refractivity contribution < 1.29 is 4.79 Å². The first-order valence-corrected chi connectivity index (χ1v) is 7.55. The third kappa shape index (κ3) is 3.13. The van der Waals surface area contributed by atoms with E-state index in [1.54, 1.807) is 6.20 Å². The van der Waals surface area contributed by atoms with Crippen LogP contribution in [0.15, 0.2) is 48.7 Å². The predicted octanol–water partition coefficient (Wildman–Crippen LogP) is 3.62. The minimum atomic E-state index is 0.0570. The van der Waals surface area contributed by atoms with Crippen LogP contribution in [-0.2, 0) is 0 Å². The maximum absolute atomic E-state index is 12.4. The maximum atomic E-state index is 12.4. The first-order valence-electron chi connectivity index (χ1n) is 7.55. The maximum Gasteiger partial charge on any atom is 0.272 e. The van der Waals surface area contributed by atoms with Crippen LogP contribution in [0.3, 0.4) is 0 Å². The van der Waals surface area contributed by atoms with Crippen LogP contribution >= 0.6 is 0 Å². The average Bonchev–Trinajstić information content (AvgIpc) is 2.56. The van der Waals surface area contributed by atoms with Crippen molar-refractivity contribution in [2.75, 3.05) is 13.1 Å². The molecule has 1 saturated heterocycles. The highest BCUT2D eigenvalue weighted by atomic mass is 16.2. The Morgan fingerprint density at radius 2 is 1.76 bits per heavy atom. The minimum Gasteiger partial charge on any atom is -0.337 e. The molecule has 3 rings (SSSR count). The molecule has 0 atom stereocenters. The van der Waals surface area contributed by atoms with Gasteiger partial charge in [0.1, 0.15) is 5.69 Å². The number of nitrogens with zero attached hydrogens (tertiary/aromatic N) is 2. The fraction of sp³-hybridized carbons (Fsp3) is 0.333. The topological polar surface area (TPSA) is 33.2 Å². The van der Waals surface area contributed by atoms with Gasteiger partial charge in [-0.3, -0.25) is 9.78 Å². The van der Waals surface area contributed by atoms with Crippen LogP contribution in [-0.4, -0.2) is 28.9 Å². The van der Waals surface area contributed by atoms with Crippen LogP contribution < -0.4 is 0 Å². The van der Waals surface area contributed by atoms with Gasteiger partial charge in [0, 0.05) is 24.8 Å². The summed E-state index contributed by atoms with van der Waals surface area (Å²) in [7, 11) is 0. The zero-order chi connectivity index (χ0) is 14.7. The highest BCUT2D eigenvalue weighted by molar-refractivity contribution is 5.92. The molecule has 0 spiro atoms. The molecule has 1 fully saturated rings. The van der Waals surface area contributed by atoms with Crippen molar-refractivity contribution in [2.45, 2.75) is 19.8 Å². The summed E-state index contributed by atoms with van der Waals surface area (Å²) in [4.78, 5) is 18.7. The summed E-state index contributed by atoms with van der Waals surface area (Å²) in [6, 6.07) is 13.9. The van der Waals surface area contributed by atoms with Crippen molar-refractivity contribution in [3.05, 3.63) is 54.4 Å². The van der Waals surface area contributed by atoms with E-state index in [1.165, 1.54) is 0 Å². The molecule has 21 heavy (non-hydrogen) atoms. The van der Waals surface area contributed by atoms with Gasteiger partial charge in [-0.2, -0.15) is 0 Å². The molecule has 0 unspecified atom stereocenters. The molecule has 0 radical (unpaired) electrons. The molecule has 1 aliphatic rings. The van der Waals surface area contributed by atoms with Gasteiger partial charge in [-0.25, -0.2) is 0 Å². The van der Waals surface area contributed by atoms with Gasteiger partial charge in [-0.1, -0.05) is 43.3 Å². The summed E-state index contributed by atoms with van der Waals surface area (Å²) in [5.74, 6) is 0.781. The number of amides is 1. The number of hydrogen-bond acceptors (Lipinski definition) is 2. The second-order valence-corrected chi connectivity index (χ2v) is 5.77. The molecule has 1 aliphatic heterocycles. The Balaban J connectivity index is 1.73. The van der Waals surface area contributed by atoms with Crippen LogP contribution in [0.25, 0.3) is 11.1 Å². The summed E-state index contributed by atoms with van der Waals surface area (Å²) in [5.41, 5.74) is 2.71. The van der Waals surface area contributed by atoms with Crippen LogP contribution in [0.4, 0.5) is 0 Å². The fourth-order valence-corrected chi connectivity index (χ4v) is 2.70. The van der Waals surface area contributed by atoms with E-state index < -0.39 is 0 Å². The largest absolute Gasteiger partial charge is 0.337 e. The van der Waals surface area contributed by atoms with E-state index in [4.69, 9.17) is 0 Å². The average molecular weight is 280 g/mol. The Labute approximate surface area is 125 Å². The van der Waals surface area contributed by atoms with E-state index in [0.717, 1.165) is 43.0 Å². The number of likely N-dealkylation sites (tertiary alicyclic amines) is 1. The van der Waals surface area contributed by atoms with Gasteiger partial charge >= 0.3 is 0 Å². The third-order valence-corrected chi connectivity index (χ3v) is 4.16. The predicted molar refractivity (Wildman–Crippen MR) is 84.0 cm³/mol. The normalized spacial score (nSPS) is 16.0. The molecule has 2 aromatic rings. The molecular weight excluding hydrogens is 260 g/mol. The number of hydrogen-bond donors (Lipinski definition) is 0. The van der Waals surface area contributed by atoms with E-state index >= 15 is 0 Å². The van der Waals surface area contributed by atoms with Gasteiger partial charge in [0.2, 0.25) is 0 Å². The van der Waals surface area contributed by atoms with Crippen LogP contribution in [0.2, 0.25) is 0 Å². The molecule has 108 valence electrons. The summed E-state index contributed by atoms with van der Waals surface area (Å²) in [6.07, 6.45) is 3.97. The highest BCUT2D eigenvalue weighted by Gasteiger charge is 2.22. The molecule has 0 N–H and O–H groups in total.